The first kappa shape index (κ1) is 23.1. The molecule has 0 atom stereocenters. The summed E-state index contributed by atoms with van der Waals surface area (Å²) in [4.78, 5) is 34.1. The minimum absolute atomic E-state index is 0.0548. The second-order valence-corrected chi connectivity index (χ2v) is 10.2. The topological polar surface area (TPSA) is 112 Å². The van der Waals surface area contributed by atoms with Crippen LogP contribution in [0.4, 0.5) is 10.5 Å². The molecule has 1 N–H and O–H groups in total. The molecule has 3 aromatic heterocycles. The maximum Gasteiger partial charge on any atom is 0.407 e. The largest absolute Gasteiger partial charge is 0.445 e. The quantitative estimate of drug-likeness (QED) is 0.204. The van der Waals surface area contributed by atoms with Crippen molar-refractivity contribution in [1.82, 2.24) is 19.7 Å². The molecule has 0 saturated heterocycles. The molecule has 0 spiro atoms. The van der Waals surface area contributed by atoms with E-state index in [0.717, 1.165) is 63.5 Å². The minimum Gasteiger partial charge on any atom is -0.445 e. The van der Waals surface area contributed by atoms with E-state index in [2.05, 4.69) is 5.32 Å². The van der Waals surface area contributed by atoms with Crippen molar-refractivity contribution in [2.24, 2.45) is 0 Å². The van der Waals surface area contributed by atoms with E-state index in [4.69, 9.17) is 14.7 Å². The Kier molecular flexibility index (Phi) is 5.80. The van der Waals surface area contributed by atoms with Crippen LogP contribution in [0.1, 0.15) is 30.5 Å². The van der Waals surface area contributed by atoms with Crippen LogP contribution in [0.2, 0.25) is 0 Å². The number of aryl methyl sites for hydroxylation is 1. The number of nitrogens with zero attached hydrogens (tertiary/aromatic N) is 4. The SMILES string of the molecule is O=C(NC1(CCc2ccc3c(n2)sc2nc(-c4ccc([N+](=O)[O-])cc4)cn23)CC1)OCc1ccccc1. The van der Waals surface area contributed by atoms with Crippen molar-refractivity contribution in [3.8, 4) is 11.3 Å². The molecule has 1 amide bonds. The number of nitro groups is 1. The van der Waals surface area contributed by atoms with Crippen molar-refractivity contribution < 1.29 is 14.5 Å². The summed E-state index contributed by atoms with van der Waals surface area (Å²) in [6, 6.07) is 20.1. The number of alkyl carbamates (subject to hydrolysis) is 1. The van der Waals surface area contributed by atoms with Crippen molar-refractivity contribution in [3.05, 3.63) is 94.3 Å². The standard InChI is InChI=1S/C27H23N5O4S/c33-26(36-17-18-4-2-1-3-5-18)30-27(14-15-27)13-12-20-8-11-23-24(28-20)37-25-29-22(16-31(23)25)19-6-9-21(10-7-19)32(34)35/h1-11,16H,12-15,17H2,(H,30,33). The lowest BCUT2D eigenvalue weighted by molar-refractivity contribution is -0.384. The van der Waals surface area contributed by atoms with Gasteiger partial charge in [-0.2, -0.15) is 0 Å². The zero-order valence-corrected chi connectivity index (χ0v) is 20.6. The van der Waals surface area contributed by atoms with Gasteiger partial charge in [0.15, 0.2) is 4.96 Å². The van der Waals surface area contributed by atoms with Crippen LogP contribution < -0.4 is 5.32 Å². The number of benzene rings is 2. The van der Waals surface area contributed by atoms with Gasteiger partial charge in [0, 0.05) is 35.1 Å². The molecule has 0 bridgehead atoms. The van der Waals surface area contributed by atoms with Crippen molar-refractivity contribution in [1.29, 1.82) is 0 Å². The number of ether oxygens (including phenoxy) is 1. The molecular weight excluding hydrogens is 490 g/mol. The lowest BCUT2D eigenvalue weighted by Crippen LogP contribution is -2.37. The van der Waals surface area contributed by atoms with E-state index in [1.807, 2.05) is 53.1 Å². The third-order valence-corrected chi connectivity index (χ3v) is 7.65. The smallest absolute Gasteiger partial charge is 0.407 e. The summed E-state index contributed by atoms with van der Waals surface area (Å²) >= 11 is 1.51. The Hall–Kier alpha value is -4.31. The van der Waals surface area contributed by atoms with Gasteiger partial charge in [0.05, 0.1) is 16.1 Å². The fourth-order valence-electron chi connectivity index (χ4n) is 4.39. The predicted molar refractivity (Wildman–Crippen MR) is 141 cm³/mol. The lowest BCUT2D eigenvalue weighted by Gasteiger charge is -2.17. The van der Waals surface area contributed by atoms with E-state index in [1.54, 1.807) is 12.1 Å². The number of carbonyl (C=O) groups is 1. The maximum atomic E-state index is 12.3. The average Bonchev–Trinajstić information content (AvgIpc) is 3.41. The third kappa shape index (κ3) is 4.88. The summed E-state index contributed by atoms with van der Waals surface area (Å²) < 4.78 is 7.39. The van der Waals surface area contributed by atoms with Crippen LogP contribution >= 0.6 is 11.3 Å². The molecule has 9 nitrogen and oxygen atoms in total. The molecule has 3 heterocycles. The number of pyridine rings is 1. The summed E-state index contributed by atoms with van der Waals surface area (Å²) in [5.41, 5.74) is 4.32. The van der Waals surface area contributed by atoms with E-state index < -0.39 is 4.92 Å². The summed E-state index contributed by atoms with van der Waals surface area (Å²) in [5, 5.41) is 14.0. The highest BCUT2D eigenvalue weighted by atomic mass is 32.1. The molecule has 1 aliphatic rings. The number of hydrogen-bond donors (Lipinski definition) is 1. The number of non-ortho nitro benzene ring substituents is 1. The molecule has 10 heteroatoms. The van der Waals surface area contributed by atoms with Gasteiger partial charge in [-0.15, -0.1) is 0 Å². The number of thiazole rings is 1. The molecule has 1 fully saturated rings. The summed E-state index contributed by atoms with van der Waals surface area (Å²) in [5.74, 6) is 0. The van der Waals surface area contributed by atoms with E-state index in [0.29, 0.717) is 0 Å². The molecule has 6 rings (SSSR count). The molecule has 5 aromatic rings. The monoisotopic (exact) mass is 513 g/mol. The summed E-state index contributed by atoms with van der Waals surface area (Å²) in [6.45, 7) is 0.257. The summed E-state index contributed by atoms with van der Waals surface area (Å²) in [7, 11) is 0. The van der Waals surface area contributed by atoms with Gasteiger partial charge in [-0.3, -0.25) is 14.5 Å². The highest BCUT2D eigenvalue weighted by Gasteiger charge is 2.44. The highest BCUT2D eigenvalue weighted by molar-refractivity contribution is 7.23. The number of nitro benzene ring substituents is 1. The second kappa shape index (κ2) is 9.29. The molecule has 186 valence electrons. The van der Waals surface area contributed by atoms with E-state index in [1.165, 1.54) is 23.5 Å². The third-order valence-electron chi connectivity index (χ3n) is 6.69. The number of nitrogens with one attached hydrogen (secondary N) is 1. The number of amides is 1. The van der Waals surface area contributed by atoms with Crippen LogP contribution in [-0.4, -0.2) is 30.9 Å². The molecule has 0 unspecified atom stereocenters. The molecule has 0 radical (unpaired) electrons. The summed E-state index contributed by atoms with van der Waals surface area (Å²) in [6.07, 6.45) is 4.98. The van der Waals surface area contributed by atoms with Crippen molar-refractivity contribution in [3.63, 3.8) is 0 Å². The van der Waals surface area contributed by atoms with Gasteiger partial charge in [-0.25, -0.2) is 14.8 Å². The van der Waals surface area contributed by atoms with Gasteiger partial charge in [0.2, 0.25) is 0 Å². The van der Waals surface area contributed by atoms with Crippen LogP contribution in [0.15, 0.2) is 72.9 Å². The minimum atomic E-state index is -0.412. The van der Waals surface area contributed by atoms with Crippen LogP contribution in [-0.2, 0) is 17.8 Å². The Labute approximate surface area is 215 Å². The van der Waals surface area contributed by atoms with E-state index in [9.17, 15) is 14.9 Å². The van der Waals surface area contributed by atoms with E-state index >= 15 is 0 Å². The number of imidazole rings is 1. The van der Waals surface area contributed by atoms with Crippen molar-refractivity contribution in [2.75, 3.05) is 0 Å². The number of rotatable bonds is 8. The van der Waals surface area contributed by atoms with Gasteiger partial charge in [0.1, 0.15) is 11.4 Å². The number of aromatic nitrogens is 3. The Morgan fingerprint density at radius 2 is 1.86 bits per heavy atom. The fraction of sp³-hybridized carbons (Fsp3) is 0.222. The Balaban J connectivity index is 1.10. The van der Waals surface area contributed by atoms with Crippen molar-refractivity contribution >= 4 is 38.4 Å². The average molecular weight is 514 g/mol. The van der Waals surface area contributed by atoms with Crippen LogP contribution in [0.5, 0.6) is 0 Å². The fourth-order valence-corrected chi connectivity index (χ4v) is 5.39. The van der Waals surface area contributed by atoms with Gasteiger partial charge in [0.25, 0.3) is 5.69 Å². The zero-order chi connectivity index (χ0) is 25.4. The number of carbonyl (C=O) groups excluding carboxylic acids is 1. The Morgan fingerprint density at radius 3 is 2.59 bits per heavy atom. The first-order valence-corrected chi connectivity index (χ1v) is 12.8. The van der Waals surface area contributed by atoms with Crippen LogP contribution in [0.3, 0.4) is 0 Å². The second-order valence-electron chi connectivity index (χ2n) is 9.28. The molecule has 0 aliphatic heterocycles. The van der Waals surface area contributed by atoms with Crippen molar-refractivity contribution in [2.45, 2.75) is 37.8 Å². The molecular formula is C27H23N5O4S. The molecule has 37 heavy (non-hydrogen) atoms. The first-order valence-electron chi connectivity index (χ1n) is 12.0. The normalized spacial score (nSPS) is 14.1. The van der Waals surface area contributed by atoms with Crippen LogP contribution in [0, 0.1) is 10.1 Å². The predicted octanol–water partition coefficient (Wildman–Crippen LogP) is 5.91. The Morgan fingerprint density at radius 1 is 1.08 bits per heavy atom. The molecule has 1 aliphatic carbocycles. The van der Waals surface area contributed by atoms with Gasteiger partial charge >= 0.3 is 6.09 Å². The zero-order valence-electron chi connectivity index (χ0n) is 19.8. The maximum absolute atomic E-state index is 12.3. The highest BCUT2D eigenvalue weighted by Crippen LogP contribution is 2.40. The first-order chi connectivity index (χ1) is 18.0. The Bertz CT molecular complexity index is 1610. The van der Waals surface area contributed by atoms with Crippen LogP contribution in [0.25, 0.3) is 26.6 Å². The van der Waals surface area contributed by atoms with E-state index in [-0.39, 0.29) is 23.9 Å². The molecule has 1 saturated carbocycles. The van der Waals surface area contributed by atoms with Gasteiger partial charge in [-0.1, -0.05) is 41.7 Å². The molecule has 2 aromatic carbocycles. The van der Waals surface area contributed by atoms with Gasteiger partial charge in [-0.05, 0) is 55.5 Å². The number of hydrogen-bond acceptors (Lipinski definition) is 7. The lowest BCUT2D eigenvalue weighted by atomic mass is 10.1. The van der Waals surface area contributed by atoms with Gasteiger partial charge < -0.3 is 10.1 Å². The number of fused-ring (bicyclic) bond motifs is 3.